The molecule has 1 fully saturated rings. The Hall–Kier alpha value is -0.350. The average molecular weight is 268 g/mol. The molecule has 1 N–H and O–H groups in total. The Bertz CT molecular complexity index is 420. The van der Waals surface area contributed by atoms with Crippen LogP contribution in [0.5, 0.6) is 0 Å². The van der Waals surface area contributed by atoms with Gasteiger partial charge >= 0.3 is 0 Å². The molecule has 0 aromatic carbocycles. The third-order valence-corrected chi connectivity index (χ3v) is 4.52. The fourth-order valence-corrected chi connectivity index (χ4v) is 3.69. The first-order chi connectivity index (χ1) is 8.15. The number of aromatic amines is 1. The summed E-state index contributed by atoms with van der Waals surface area (Å²) in [5, 5.41) is 0.526. The Morgan fingerprint density at radius 3 is 3.00 bits per heavy atom. The summed E-state index contributed by atoms with van der Waals surface area (Å²) in [5.74, 6) is 2.99. The largest absolute Gasteiger partial charge is 0.346 e. The van der Waals surface area contributed by atoms with Crippen molar-refractivity contribution < 1.29 is 0 Å². The number of nitrogens with one attached hydrogen (secondary N) is 1. The van der Waals surface area contributed by atoms with Crippen molar-refractivity contribution in [1.82, 2.24) is 9.97 Å². The number of rotatable bonds is 3. The fourth-order valence-electron chi connectivity index (χ4n) is 2.19. The fraction of sp³-hybridized carbons (Fsp3) is 0.692. The van der Waals surface area contributed by atoms with Crippen molar-refractivity contribution in [3.63, 3.8) is 0 Å². The second-order valence-electron chi connectivity index (χ2n) is 5.08. The van der Waals surface area contributed by atoms with Crippen molar-refractivity contribution in [1.29, 1.82) is 0 Å². The maximum Gasteiger partial charge on any atom is 0.130 e. The summed E-state index contributed by atoms with van der Waals surface area (Å²) in [5.41, 5.74) is 1.24. The van der Waals surface area contributed by atoms with E-state index in [0.717, 1.165) is 16.9 Å². The lowest BCUT2D eigenvalue weighted by atomic mass is 10.1. The number of thioether (sulfide) groups is 1. The van der Waals surface area contributed by atoms with Crippen LogP contribution in [-0.2, 0) is 6.42 Å². The molecular weight excluding hydrogens is 248 g/mol. The summed E-state index contributed by atoms with van der Waals surface area (Å²) >= 11 is 7.28. The molecule has 2 rings (SSSR count). The number of hydrogen-bond acceptors (Lipinski definition) is 3. The summed E-state index contributed by atoms with van der Waals surface area (Å²) in [4.78, 5) is 7.99. The monoisotopic (exact) mass is 268 g/mol. The molecule has 17 heavy (non-hydrogen) atoms. The normalized spacial score (nSPS) is 20.8. The van der Waals surface area contributed by atoms with E-state index in [1.165, 1.54) is 30.7 Å². The zero-order valence-corrected chi connectivity index (χ0v) is 12.2. The predicted octanol–water partition coefficient (Wildman–Crippen LogP) is 4.30. The highest BCUT2D eigenvalue weighted by Crippen LogP contribution is 2.36. The standard InChI is InChI=1S/C13H20N2S2/c1-9(2)7-10-8-12(16)15-13(14-10)11-5-3-4-6-17-11/h8-9,11H,3-7H2,1-2H3,(H,14,15,16). The third kappa shape index (κ3) is 3.81. The van der Waals surface area contributed by atoms with Gasteiger partial charge in [-0.1, -0.05) is 32.5 Å². The van der Waals surface area contributed by atoms with Gasteiger partial charge in [0.25, 0.3) is 0 Å². The van der Waals surface area contributed by atoms with Crippen LogP contribution < -0.4 is 0 Å². The molecular formula is C13H20N2S2. The van der Waals surface area contributed by atoms with Crippen LogP contribution in [0.2, 0.25) is 0 Å². The highest BCUT2D eigenvalue weighted by molar-refractivity contribution is 7.99. The van der Waals surface area contributed by atoms with Gasteiger partial charge in [0.2, 0.25) is 0 Å². The van der Waals surface area contributed by atoms with Crippen LogP contribution in [0, 0.1) is 10.6 Å². The smallest absolute Gasteiger partial charge is 0.130 e. The maximum absolute atomic E-state index is 5.27. The Morgan fingerprint density at radius 1 is 1.53 bits per heavy atom. The van der Waals surface area contributed by atoms with E-state index in [2.05, 4.69) is 23.8 Å². The molecule has 1 aromatic rings. The quantitative estimate of drug-likeness (QED) is 0.829. The first-order valence-corrected chi connectivity index (χ1v) is 7.82. The molecule has 1 unspecified atom stereocenters. The van der Waals surface area contributed by atoms with Gasteiger partial charge in [-0.05, 0) is 37.0 Å². The lowest BCUT2D eigenvalue weighted by Gasteiger charge is -2.21. The zero-order chi connectivity index (χ0) is 12.3. The molecule has 1 saturated heterocycles. The van der Waals surface area contributed by atoms with Crippen LogP contribution in [-0.4, -0.2) is 15.7 Å². The first-order valence-electron chi connectivity index (χ1n) is 6.37. The number of nitrogens with zero attached hydrogens (tertiary/aromatic N) is 1. The predicted molar refractivity (Wildman–Crippen MR) is 77.0 cm³/mol. The van der Waals surface area contributed by atoms with Crippen LogP contribution in [0.4, 0.5) is 0 Å². The number of H-pyrrole nitrogens is 1. The van der Waals surface area contributed by atoms with Crippen LogP contribution in [0.15, 0.2) is 6.07 Å². The van der Waals surface area contributed by atoms with Gasteiger partial charge in [0.15, 0.2) is 0 Å². The number of aromatic nitrogens is 2. The highest BCUT2D eigenvalue weighted by atomic mass is 32.2. The molecule has 0 bridgehead atoms. The minimum absolute atomic E-state index is 0.526. The average Bonchev–Trinajstić information content (AvgIpc) is 2.28. The molecule has 0 saturated carbocycles. The van der Waals surface area contributed by atoms with Gasteiger partial charge in [0, 0.05) is 5.69 Å². The maximum atomic E-state index is 5.27. The molecule has 0 amide bonds. The molecule has 0 spiro atoms. The number of hydrogen-bond donors (Lipinski definition) is 1. The van der Waals surface area contributed by atoms with Gasteiger partial charge in [-0.3, -0.25) is 0 Å². The molecule has 0 aliphatic carbocycles. The molecule has 1 atom stereocenters. The molecule has 4 heteroatoms. The third-order valence-electron chi connectivity index (χ3n) is 2.93. The van der Waals surface area contributed by atoms with E-state index in [1.807, 2.05) is 17.8 Å². The summed E-state index contributed by atoms with van der Waals surface area (Å²) in [6.07, 6.45) is 4.94. The Kier molecular flexibility index (Phi) is 4.62. The van der Waals surface area contributed by atoms with Crippen molar-refractivity contribution in [3.8, 4) is 0 Å². The molecule has 2 heterocycles. The van der Waals surface area contributed by atoms with Crippen molar-refractivity contribution in [3.05, 3.63) is 22.2 Å². The van der Waals surface area contributed by atoms with Crippen molar-refractivity contribution in [2.24, 2.45) is 5.92 Å². The van der Waals surface area contributed by atoms with Gasteiger partial charge in [0.1, 0.15) is 10.5 Å². The summed E-state index contributed by atoms with van der Waals surface area (Å²) in [6, 6.07) is 2.01. The zero-order valence-electron chi connectivity index (χ0n) is 10.5. The highest BCUT2D eigenvalue weighted by Gasteiger charge is 2.18. The van der Waals surface area contributed by atoms with E-state index < -0.39 is 0 Å². The SMILES string of the molecule is CC(C)Cc1cc(=S)nc(C2CCCCS2)[nH]1. The molecule has 1 aliphatic rings. The van der Waals surface area contributed by atoms with E-state index in [0.29, 0.717) is 11.2 Å². The van der Waals surface area contributed by atoms with Gasteiger partial charge in [-0.25, -0.2) is 4.98 Å². The minimum Gasteiger partial charge on any atom is -0.346 e. The second-order valence-corrected chi connectivity index (χ2v) is 6.81. The molecule has 1 aliphatic heterocycles. The Morgan fingerprint density at radius 2 is 2.35 bits per heavy atom. The van der Waals surface area contributed by atoms with Gasteiger partial charge < -0.3 is 4.98 Å². The minimum atomic E-state index is 0.526. The lowest BCUT2D eigenvalue weighted by Crippen LogP contribution is -2.09. The van der Waals surface area contributed by atoms with Crippen LogP contribution >= 0.6 is 24.0 Å². The van der Waals surface area contributed by atoms with Crippen LogP contribution in [0.3, 0.4) is 0 Å². The van der Waals surface area contributed by atoms with E-state index in [-0.39, 0.29) is 0 Å². The summed E-state index contributed by atoms with van der Waals surface area (Å²) in [7, 11) is 0. The summed E-state index contributed by atoms with van der Waals surface area (Å²) in [6.45, 7) is 4.46. The second kappa shape index (κ2) is 6.01. The molecule has 2 nitrogen and oxygen atoms in total. The molecule has 0 radical (unpaired) electrons. The van der Waals surface area contributed by atoms with E-state index >= 15 is 0 Å². The van der Waals surface area contributed by atoms with Gasteiger partial charge in [-0.2, -0.15) is 11.8 Å². The molecule has 94 valence electrons. The lowest BCUT2D eigenvalue weighted by molar-refractivity contribution is 0.618. The first kappa shape index (κ1) is 13.1. The van der Waals surface area contributed by atoms with Crippen molar-refractivity contribution in [2.45, 2.75) is 44.8 Å². The van der Waals surface area contributed by atoms with Gasteiger partial charge in [-0.15, -0.1) is 0 Å². The molecule has 1 aromatic heterocycles. The van der Waals surface area contributed by atoms with Crippen molar-refractivity contribution >= 4 is 24.0 Å². The van der Waals surface area contributed by atoms with Gasteiger partial charge in [0.05, 0.1) is 5.25 Å². The summed E-state index contributed by atoms with van der Waals surface area (Å²) < 4.78 is 0.737. The van der Waals surface area contributed by atoms with E-state index in [4.69, 9.17) is 12.2 Å². The van der Waals surface area contributed by atoms with E-state index in [1.54, 1.807) is 0 Å². The van der Waals surface area contributed by atoms with E-state index in [9.17, 15) is 0 Å². The van der Waals surface area contributed by atoms with Crippen LogP contribution in [0.25, 0.3) is 0 Å². The topological polar surface area (TPSA) is 28.7 Å². The Balaban J connectivity index is 2.21. The van der Waals surface area contributed by atoms with Crippen LogP contribution in [0.1, 0.15) is 49.9 Å². The van der Waals surface area contributed by atoms with Crippen molar-refractivity contribution in [2.75, 3.05) is 5.75 Å². The Labute approximate surface area is 113 Å².